The standard InChI is InChI=1S/C14H19NOS/c15-7-9-5-12(16)14-11(8-17-13(14)6-9)10-3-1-2-4-10/h8-10H,1-7,15H2. The van der Waals surface area contributed by atoms with Gasteiger partial charge in [0.1, 0.15) is 0 Å². The Bertz CT molecular complexity index is 431. The maximum atomic E-state index is 12.2. The number of ketones is 1. The molecule has 1 fully saturated rings. The Labute approximate surface area is 106 Å². The first-order chi connectivity index (χ1) is 8.29. The van der Waals surface area contributed by atoms with Crippen LogP contribution in [-0.2, 0) is 6.42 Å². The highest BCUT2D eigenvalue weighted by Crippen LogP contribution is 2.42. The number of carbonyl (C=O) groups is 1. The summed E-state index contributed by atoms with van der Waals surface area (Å²) >= 11 is 1.79. The van der Waals surface area contributed by atoms with Crippen molar-refractivity contribution in [1.82, 2.24) is 0 Å². The third-order valence-corrected chi connectivity index (χ3v) is 5.28. The summed E-state index contributed by atoms with van der Waals surface area (Å²) in [4.78, 5) is 13.5. The Morgan fingerprint density at radius 1 is 1.29 bits per heavy atom. The number of fused-ring (bicyclic) bond motifs is 1. The van der Waals surface area contributed by atoms with Crippen LogP contribution in [0, 0.1) is 5.92 Å². The molecule has 0 radical (unpaired) electrons. The van der Waals surface area contributed by atoms with Gasteiger partial charge in [0, 0.05) is 16.9 Å². The van der Waals surface area contributed by atoms with Gasteiger partial charge in [-0.3, -0.25) is 4.79 Å². The largest absolute Gasteiger partial charge is 0.330 e. The van der Waals surface area contributed by atoms with Crippen molar-refractivity contribution in [2.75, 3.05) is 6.54 Å². The lowest BCUT2D eigenvalue weighted by Crippen LogP contribution is -2.25. The molecule has 17 heavy (non-hydrogen) atoms. The van der Waals surface area contributed by atoms with Crippen LogP contribution in [0.3, 0.4) is 0 Å². The van der Waals surface area contributed by atoms with Crippen molar-refractivity contribution in [2.24, 2.45) is 11.7 Å². The molecule has 1 atom stereocenters. The van der Waals surface area contributed by atoms with Gasteiger partial charge in [-0.15, -0.1) is 11.3 Å². The fraction of sp³-hybridized carbons (Fsp3) is 0.643. The van der Waals surface area contributed by atoms with Gasteiger partial charge in [0.2, 0.25) is 0 Å². The predicted octanol–water partition coefficient (Wildman–Crippen LogP) is 3.11. The van der Waals surface area contributed by atoms with Crippen molar-refractivity contribution in [3.8, 4) is 0 Å². The maximum Gasteiger partial charge on any atom is 0.164 e. The lowest BCUT2D eigenvalue weighted by molar-refractivity contribution is 0.0950. The van der Waals surface area contributed by atoms with Crippen LogP contribution in [-0.4, -0.2) is 12.3 Å². The van der Waals surface area contributed by atoms with E-state index in [1.165, 1.54) is 36.1 Å². The summed E-state index contributed by atoms with van der Waals surface area (Å²) in [6, 6.07) is 0. The molecule has 1 unspecified atom stereocenters. The molecule has 2 N–H and O–H groups in total. The van der Waals surface area contributed by atoms with E-state index in [1.807, 2.05) is 0 Å². The van der Waals surface area contributed by atoms with Crippen molar-refractivity contribution in [3.63, 3.8) is 0 Å². The molecule has 2 aliphatic carbocycles. The third kappa shape index (κ3) is 1.95. The molecular formula is C14H19NOS. The number of hydrogen-bond donors (Lipinski definition) is 1. The Balaban J connectivity index is 1.94. The maximum absolute atomic E-state index is 12.2. The minimum Gasteiger partial charge on any atom is -0.330 e. The van der Waals surface area contributed by atoms with Crippen LogP contribution in [0.1, 0.15) is 58.8 Å². The van der Waals surface area contributed by atoms with Crippen LogP contribution in [0.4, 0.5) is 0 Å². The highest BCUT2D eigenvalue weighted by molar-refractivity contribution is 7.10. The number of Topliss-reactive ketones (excluding diaryl/α,β-unsaturated/α-hetero) is 1. The Kier molecular flexibility index (Phi) is 3.05. The van der Waals surface area contributed by atoms with Crippen LogP contribution >= 0.6 is 11.3 Å². The van der Waals surface area contributed by atoms with E-state index in [-0.39, 0.29) is 0 Å². The van der Waals surface area contributed by atoms with Crippen LogP contribution in [0.25, 0.3) is 0 Å². The second-order valence-corrected chi connectivity index (χ2v) is 6.37. The monoisotopic (exact) mass is 249 g/mol. The van der Waals surface area contributed by atoms with E-state index >= 15 is 0 Å². The van der Waals surface area contributed by atoms with Gasteiger partial charge in [-0.25, -0.2) is 0 Å². The second kappa shape index (κ2) is 4.54. The van der Waals surface area contributed by atoms with Crippen LogP contribution in [0.2, 0.25) is 0 Å². The highest BCUT2D eigenvalue weighted by Gasteiger charge is 2.31. The van der Waals surface area contributed by atoms with Gasteiger partial charge in [0.15, 0.2) is 5.78 Å². The number of hydrogen-bond acceptors (Lipinski definition) is 3. The SMILES string of the molecule is NCC1CC(=O)c2c(C3CCCC3)csc2C1. The lowest BCUT2D eigenvalue weighted by atomic mass is 9.83. The zero-order valence-corrected chi connectivity index (χ0v) is 10.9. The normalized spacial score (nSPS) is 25.2. The number of thiophene rings is 1. The molecule has 0 saturated heterocycles. The van der Waals surface area contributed by atoms with Gasteiger partial charge in [0.05, 0.1) is 0 Å². The van der Waals surface area contributed by atoms with Gasteiger partial charge >= 0.3 is 0 Å². The minimum absolute atomic E-state index is 0.352. The summed E-state index contributed by atoms with van der Waals surface area (Å²) in [5.41, 5.74) is 8.16. The molecule has 1 saturated carbocycles. The summed E-state index contributed by atoms with van der Waals surface area (Å²) in [6.07, 6.45) is 6.90. The summed E-state index contributed by atoms with van der Waals surface area (Å²) in [7, 11) is 0. The molecule has 0 bridgehead atoms. The highest BCUT2D eigenvalue weighted by atomic mass is 32.1. The average molecular weight is 249 g/mol. The molecule has 0 amide bonds. The predicted molar refractivity (Wildman–Crippen MR) is 70.7 cm³/mol. The van der Waals surface area contributed by atoms with Crippen LogP contribution in [0.15, 0.2) is 5.38 Å². The van der Waals surface area contributed by atoms with E-state index in [9.17, 15) is 4.79 Å². The van der Waals surface area contributed by atoms with Crippen LogP contribution in [0.5, 0.6) is 0 Å². The molecular weight excluding hydrogens is 230 g/mol. The second-order valence-electron chi connectivity index (χ2n) is 5.40. The topological polar surface area (TPSA) is 43.1 Å². The molecule has 92 valence electrons. The van der Waals surface area contributed by atoms with Crippen LogP contribution < -0.4 is 5.73 Å². The van der Waals surface area contributed by atoms with Gasteiger partial charge in [-0.1, -0.05) is 12.8 Å². The zero-order valence-electron chi connectivity index (χ0n) is 10.1. The Morgan fingerprint density at radius 2 is 2.06 bits per heavy atom. The Morgan fingerprint density at radius 3 is 2.76 bits per heavy atom. The molecule has 1 aromatic rings. The fourth-order valence-electron chi connectivity index (χ4n) is 3.28. The first kappa shape index (κ1) is 11.4. The molecule has 0 spiro atoms. The van der Waals surface area contributed by atoms with Crippen molar-refractivity contribution in [2.45, 2.75) is 44.4 Å². The number of nitrogens with two attached hydrogens (primary N) is 1. The van der Waals surface area contributed by atoms with E-state index in [0.717, 1.165) is 12.0 Å². The van der Waals surface area contributed by atoms with Gasteiger partial charge in [-0.2, -0.15) is 0 Å². The van der Waals surface area contributed by atoms with Crippen molar-refractivity contribution in [1.29, 1.82) is 0 Å². The zero-order chi connectivity index (χ0) is 11.8. The summed E-state index contributed by atoms with van der Waals surface area (Å²) in [5.74, 6) is 1.39. The molecule has 0 aliphatic heterocycles. The molecule has 2 nitrogen and oxygen atoms in total. The first-order valence-electron chi connectivity index (χ1n) is 6.63. The molecule has 2 aliphatic rings. The quantitative estimate of drug-likeness (QED) is 0.875. The van der Waals surface area contributed by atoms with E-state index in [2.05, 4.69) is 5.38 Å². The van der Waals surface area contributed by atoms with Crippen molar-refractivity contribution >= 4 is 17.1 Å². The summed E-state index contributed by atoms with van der Waals surface area (Å²) < 4.78 is 0. The van der Waals surface area contributed by atoms with E-state index < -0.39 is 0 Å². The fourth-order valence-corrected chi connectivity index (χ4v) is 4.54. The summed E-state index contributed by atoms with van der Waals surface area (Å²) in [5, 5.41) is 2.25. The first-order valence-corrected chi connectivity index (χ1v) is 7.51. The Hall–Kier alpha value is -0.670. The third-order valence-electron chi connectivity index (χ3n) is 4.25. The van der Waals surface area contributed by atoms with E-state index in [4.69, 9.17) is 5.73 Å². The number of carbonyl (C=O) groups excluding carboxylic acids is 1. The molecule has 1 heterocycles. The van der Waals surface area contributed by atoms with E-state index in [0.29, 0.717) is 30.6 Å². The molecule has 3 heteroatoms. The average Bonchev–Trinajstić information content (AvgIpc) is 2.96. The van der Waals surface area contributed by atoms with Gasteiger partial charge in [-0.05, 0) is 48.6 Å². The molecule has 0 aromatic carbocycles. The lowest BCUT2D eigenvalue weighted by Gasteiger charge is -2.21. The number of rotatable bonds is 2. The molecule has 1 aromatic heterocycles. The van der Waals surface area contributed by atoms with Crippen molar-refractivity contribution < 1.29 is 4.79 Å². The van der Waals surface area contributed by atoms with Crippen molar-refractivity contribution in [3.05, 3.63) is 21.4 Å². The van der Waals surface area contributed by atoms with Gasteiger partial charge in [0.25, 0.3) is 0 Å². The smallest absolute Gasteiger partial charge is 0.164 e. The summed E-state index contributed by atoms with van der Waals surface area (Å²) in [6.45, 7) is 0.641. The minimum atomic E-state index is 0.352. The molecule has 3 rings (SSSR count). The van der Waals surface area contributed by atoms with E-state index in [1.54, 1.807) is 11.3 Å². The van der Waals surface area contributed by atoms with Gasteiger partial charge < -0.3 is 5.73 Å².